The van der Waals surface area contributed by atoms with Crippen molar-refractivity contribution in [3.05, 3.63) is 23.8 Å². The van der Waals surface area contributed by atoms with Crippen molar-refractivity contribution in [3.63, 3.8) is 0 Å². The number of anilines is 1. The molecule has 7 heteroatoms. The first-order valence-corrected chi connectivity index (χ1v) is 7.53. The number of aromatic carboxylic acids is 1. The fraction of sp³-hybridized carbons (Fsp3) is 0.417. The van der Waals surface area contributed by atoms with Crippen molar-refractivity contribution < 1.29 is 23.4 Å². The quantitative estimate of drug-likeness (QED) is 0.731. The Morgan fingerprint density at radius 1 is 1.26 bits per heavy atom. The molecule has 0 unspecified atom stereocenters. The standard InChI is InChI=1S/C12H15NO5S/c14-11-7-8(12(15)16)5-6-10(11)13-19(17,18)9-3-1-2-4-9/h5-7,9,13-14H,1-4H2,(H,15,16). The maximum Gasteiger partial charge on any atom is 0.335 e. The number of rotatable bonds is 4. The SMILES string of the molecule is O=C(O)c1ccc(NS(=O)(=O)C2CCCC2)c(O)c1. The van der Waals surface area contributed by atoms with Gasteiger partial charge in [-0.25, -0.2) is 13.2 Å². The van der Waals surface area contributed by atoms with Crippen LogP contribution in [0.1, 0.15) is 36.0 Å². The molecule has 1 aliphatic carbocycles. The molecule has 0 bridgehead atoms. The minimum atomic E-state index is -3.53. The summed E-state index contributed by atoms with van der Waals surface area (Å²) in [6, 6.07) is 3.52. The van der Waals surface area contributed by atoms with Crippen molar-refractivity contribution >= 4 is 21.7 Å². The van der Waals surface area contributed by atoms with Crippen LogP contribution in [-0.2, 0) is 10.0 Å². The van der Waals surface area contributed by atoms with Gasteiger partial charge in [-0.15, -0.1) is 0 Å². The highest BCUT2D eigenvalue weighted by Crippen LogP contribution is 2.30. The molecular formula is C12H15NO5S. The zero-order valence-corrected chi connectivity index (χ0v) is 11.0. The van der Waals surface area contributed by atoms with Crippen molar-refractivity contribution in [1.29, 1.82) is 0 Å². The van der Waals surface area contributed by atoms with E-state index >= 15 is 0 Å². The van der Waals surface area contributed by atoms with E-state index in [1.54, 1.807) is 0 Å². The van der Waals surface area contributed by atoms with Gasteiger partial charge in [0.1, 0.15) is 5.75 Å². The predicted molar refractivity (Wildman–Crippen MR) is 69.9 cm³/mol. The van der Waals surface area contributed by atoms with Gasteiger partial charge >= 0.3 is 5.97 Å². The van der Waals surface area contributed by atoms with E-state index in [-0.39, 0.29) is 17.0 Å². The van der Waals surface area contributed by atoms with Crippen LogP contribution < -0.4 is 4.72 Å². The molecule has 0 radical (unpaired) electrons. The lowest BCUT2D eigenvalue weighted by molar-refractivity contribution is 0.0696. The molecule has 1 aliphatic rings. The van der Waals surface area contributed by atoms with Crippen molar-refractivity contribution in [2.24, 2.45) is 0 Å². The molecule has 104 valence electrons. The first kappa shape index (κ1) is 13.7. The molecule has 0 atom stereocenters. The number of aromatic hydroxyl groups is 1. The van der Waals surface area contributed by atoms with Gasteiger partial charge < -0.3 is 10.2 Å². The van der Waals surface area contributed by atoms with E-state index in [2.05, 4.69) is 4.72 Å². The zero-order chi connectivity index (χ0) is 14.0. The molecule has 0 aliphatic heterocycles. The van der Waals surface area contributed by atoms with Crippen molar-refractivity contribution in [2.45, 2.75) is 30.9 Å². The average molecular weight is 285 g/mol. The smallest absolute Gasteiger partial charge is 0.335 e. The van der Waals surface area contributed by atoms with Gasteiger partial charge in [-0.3, -0.25) is 4.72 Å². The Labute approximate surface area is 111 Å². The predicted octanol–water partition coefficient (Wildman–Crippen LogP) is 1.77. The summed E-state index contributed by atoms with van der Waals surface area (Å²) in [7, 11) is -3.53. The molecule has 3 N–H and O–H groups in total. The first-order chi connectivity index (χ1) is 8.90. The second kappa shape index (κ2) is 5.08. The van der Waals surface area contributed by atoms with Crippen molar-refractivity contribution in [1.82, 2.24) is 0 Å². The van der Waals surface area contributed by atoms with Gasteiger partial charge in [0, 0.05) is 0 Å². The van der Waals surface area contributed by atoms with Gasteiger partial charge in [-0.05, 0) is 31.0 Å². The maximum atomic E-state index is 12.0. The topological polar surface area (TPSA) is 104 Å². The van der Waals surface area contributed by atoms with Crippen LogP contribution in [0.5, 0.6) is 5.75 Å². The minimum Gasteiger partial charge on any atom is -0.506 e. The Bertz CT molecular complexity index is 590. The average Bonchev–Trinajstić information content (AvgIpc) is 2.85. The summed E-state index contributed by atoms with van der Waals surface area (Å²) >= 11 is 0. The van der Waals surface area contributed by atoms with E-state index in [1.165, 1.54) is 12.1 Å². The lowest BCUT2D eigenvalue weighted by Gasteiger charge is -2.14. The Morgan fingerprint density at radius 3 is 2.42 bits per heavy atom. The molecule has 0 spiro atoms. The van der Waals surface area contributed by atoms with Crippen molar-refractivity contribution in [2.75, 3.05) is 4.72 Å². The second-order valence-corrected chi connectivity index (χ2v) is 6.55. The molecule has 19 heavy (non-hydrogen) atoms. The summed E-state index contributed by atoms with van der Waals surface area (Å²) in [4.78, 5) is 10.7. The number of nitrogens with one attached hydrogen (secondary N) is 1. The van der Waals surface area contributed by atoms with Crippen LogP contribution in [-0.4, -0.2) is 29.9 Å². The van der Waals surface area contributed by atoms with E-state index in [4.69, 9.17) is 5.11 Å². The van der Waals surface area contributed by atoms with Gasteiger partial charge in [0.05, 0.1) is 16.5 Å². The largest absolute Gasteiger partial charge is 0.506 e. The van der Waals surface area contributed by atoms with Gasteiger partial charge in [-0.1, -0.05) is 12.8 Å². The molecule has 0 amide bonds. The second-order valence-electron chi connectivity index (χ2n) is 4.59. The summed E-state index contributed by atoms with van der Waals surface area (Å²) in [5.41, 5.74) is -0.0850. The normalized spacial score (nSPS) is 16.4. The monoisotopic (exact) mass is 285 g/mol. The molecule has 2 rings (SSSR count). The van der Waals surface area contributed by atoms with E-state index in [1.807, 2.05) is 0 Å². The van der Waals surface area contributed by atoms with Crippen LogP contribution in [0.3, 0.4) is 0 Å². The van der Waals surface area contributed by atoms with Crippen molar-refractivity contribution in [3.8, 4) is 5.75 Å². The maximum absolute atomic E-state index is 12.0. The van der Waals surface area contributed by atoms with Crippen LogP contribution in [0.15, 0.2) is 18.2 Å². The Morgan fingerprint density at radius 2 is 1.89 bits per heavy atom. The molecule has 1 fully saturated rings. The van der Waals surface area contributed by atoms with E-state index < -0.39 is 21.2 Å². The lowest BCUT2D eigenvalue weighted by atomic mass is 10.2. The Hall–Kier alpha value is -1.76. The van der Waals surface area contributed by atoms with Crippen LogP contribution in [0.25, 0.3) is 0 Å². The molecule has 1 saturated carbocycles. The number of phenolic OH excluding ortho intramolecular Hbond substituents is 1. The summed E-state index contributed by atoms with van der Waals surface area (Å²) < 4.78 is 26.4. The molecular weight excluding hydrogens is 270 g/mol. The summed E-state index contributed by atoms with van der Waals surface area (Å²) in [5, 5.41) is 18.0. The number of carboxylic acids is 1. The molecule has 6 nitrogen and oxygen atoms in total. The van der Waals surface area contributed by atoms with Gasteiger partial charge in [0.2, 0.25) is 10.0 Å². The highest BCUT2D eigenvalue weighted by Gasteiger charge is 2.29. The third-order valence-electron chi connectivity index (χ3n) is 3.24. The van der Waals surface area contributed by atoms with Gasteiger partial charge in [0.25, 0.3) is 0 Å². The Kier molecular flexibility index (Phi) is 3.66. The van der Waals surface area contributed by atoms with E-state index in [0.717, 1.165) is 18.9 Å². The first-order valence-electron chi connectivity index (χ1n) is 5.98. The van der Waals surface area contributed by atoms with Crippen LogP contribution in [0, 0.1) is 0 Å². The van der Waals surface area contributed by atoms with Gasteiger partial charge in [0.15, 0.2) is 0 Å². The van der Waals surface area contributed by atoms with Crippen LogP contribution in [0.4, 0.5) is 5.69 Å². The van der Waals surface area contributed by atoms with Gasteiger partial charge in [-0.2, -0.15) is 0 Å². The zero-order valence-electron chi connectivity index (χ0n) is 10.2. The fourth-order valence-corrected chi connectivity index (χ4v) is 3.79. The van der Waals surface area contributed by atoms with E-state index in [9.17, 15) is 18.3 Å². The van der Waals surface area contributed by atoms with Crippen LogP contribution >= 0.6 is 0 Å². The molecule has 0 heterocycles. The third kappa shape index (κ3) is 2.98. The number of carboxylic acid groups (broad SMARTS) is 1. The summed E-state index contributed by atoms with van der Waals surface area (Å²) in [6.07, 6.45) is 3.00. The van der Waals surface area contributed by atoms with Crippen LogP contribution in [0.2, 0.25) is 0 Å². The number of sulfonamides is 1. The third-order valence-corrected chi connectivity index (χ3v) is 5.09. The number of hydrogen-bond donors (Lipinski definition) is 3. The summed E-state index contributed by atoms with van der Waals surface area (Å²) in [5.74, 6) is -1.57. The number of carbonyl (C=O) groups is 1. The highest BCUT2D eigenvalue weighted by molar-refractivity contribution is 7.93. The summed E-state index contributed by atoms with van der Waals surface area (Å²) in [6.45, 7) is 0. The molecule has 1 aromatic rings. The highest BCUT2D eigenvalue weighted by atomic mass is 32.2. The lowest BCUT2D eigenvalue weighted by Crippen LogP contribution is -2.25. The van der Waals surface area contributed by atoms with E-state index in [0.29, 0.717) is 12.8 Å². The number of benzene rings is 1. The molecule has 0 saturated heterocycles. The Balaban J connectivity index is 2.21. The number of phenols is 1. The number of hydrogen-bond acceptors (Lipinski definition) is 4. The molecule has 1 aromatic carbocycles. The molecule has 0 aromatic heterocycles. The fourth-order valence-electron chi connectivity index (χ4n) is 2.19. The minimum absolute atomic E-state index is 0.0110.